The molecule has 0 radical (unpaired) electrons. The zero-order chi connectivity index (χ0) is 18.3. The van der Waals surface area contributed by atoms with Crippen LogP contribution in [0.3, 0.4) is 0 Å². The lowest BCUT2D eigenvalue weighted by atomic mass is 9.99. The molecule has 0 amide bonds. The number of nitrogens with zero attached hydrogens (tertiary/aromatic N) is 4. The zero-order valence-corrected chi connectivity index (χ0v) is 15.0. The van der Waals surface area contributed by atoms with Gasteiger partial charge in [0.1, 0.15) is 11.4 Å². The second-order valence-corrected chi connectivity index (χ2v) is 6.87. The zero-order valence-electron chi connectivity index (χ0n) is 15.0. The number of carbonyl (C=O) groups excluding carboxylic acids is 1. The Morgan fingerprint density at radius 2 is 2.12 bits per heavy atom. The minimum absolute atomic E-state index is 0.242. The van der Waals surface area contributed by atoms with Gasteiger partial charge in [0, 0.05) is 23.9 Å². The summed E-state index contributed by atoms with van der Waals surface area (Å²) in [4.78, 5) is 13.2. The number of carbonyl (C=O) groups is 1. The normalized spacial score (nSPS) is 15.3. The second-order valence-electron chi connectivity index (χ2n) is 6.87. The van der Waals surface area contributed by atoms with Crippen molar-refractivity contribution in [3.63, 3.8) is 0 Å². The van der Waals surface area contributed by atoms with Crippen molar-refractivity contribution in [1.29, 1.82) is 5.26 Å². The van der Waals surface area contributed by atoms with E-state index in [0.29, 0.717) is 11.4 Å². The SMILES string of the molecule is Cc1c(C(=O)[C@H](C#N)c2nnc3n2CCCCC3)oc2c(C)cccc12. The fraction of sp³-hybridized carbons (Fsp3) is 0.400. The fourth-order valence-electron chi connectivity index (χ4n) is 3.71. The Labute approximate surface area is 151 Å². The fourth-order valence-corrected chi connectivity index (χ4v) is 3.71. The lowest BCUT2D eigenvalue weighted by Gasteiger charge is -2.10. The first-order chi connectivity index (χ1) is 12.6. The first kappa shape index (κ1) is 16.5. The number of Topliss-reactive ketones (excluding diaryl/α,β-unsaturated/α-hetero) is 1. The number of hydrogen-bond donors (Lipinski definition) is 0. The topological polar surface area (TPSA) is 84.7 Å². The van der Waals surface area contributed by atoms with Gasteiger partial charge < -0.3 is 8.98 Å². The van der Waals surface area contributed by atoms with Crippen molar-refractivity contribution in [3.05, 3.63) is 46.7 Å². The van der Waals surface area contributed by atoms with Crippen molar-refractivity contribution >= 4 is 16.8 Å². The summed E-state index contributed by atoms with van der Waals surface area (Å²) >= 11 is 0. The van der Waals surface area contributed by atoms with Gasteiger partial charge in [-0.2, -0.15) is 5.26 Å². The Morgan fingerprint density at radius 3 is 2.88 bits per heavy atom. The number of hydrogen-bond acceptors (Lipinski definition) is 5. The lowest BCUT2D eigenvalue weighted by Crippen LogP contribution is -2.17. The molecule has 6 nitrogen and oxygen atoms in total. The van der Waals surface area contributed by atoms with Crippen LogP contribution in [0.2, 0.25) is 0 Å². The van der Waals surface area contributed by atoms with Crippen molar-refractivity contribution in [1.82, 2.24) is 14.8 Å². The third-order valence-corrected chi connectivity index (χ3v) is 5.17. The highest BCUT2D eigenvalue weighted by atomic mass is 16.3. The van der Waals surface area contributed by atoms with Gasteiger partial charge in [0.25, 0.3) is 0 Å². The Balaban J connectivity index is 1.78. The van der Waals surface area contributed by atoms with Crippen LogP contribution in [-0.4, -0.2) is 20.5 Å². The largest absolute Gasteiger partial charge is 0.452 e. The van der Waals surface area contributed by atoms with Gasteiger partial charge >= 0.3 is 0 Å². The maximum Gasteiger partial charge on any atom is 0.223 e. The van der Waals surface area contributed by atoms with E-state index in [4.69, 9.17) is 4.42 Å². The van der Waals surface area contributed by atoms with E-state index < -0.39 is 5.92 Å². The van der Waals surface area contributed by atoms with E-state index in [2.05, 4.69) is 16.3 Å². The molecule has 0 bridgehead atoms. The van der Waals surface area contributed by atoms with Crippen molar-refractivity contribution in [3.8, 4) is 6.07 Å². The van der Waals surface area contributed by atoms with Gasteiger partial charge in [0.15, 0.2) is 17.5 Å². The molecule has 2 aromatic heterocycles. The number of furan rings is 1. The molecule has 1 aliphatic rings. The van der Waals surface area contributed by atoms with E-state index >= 15 is 0 Å². The number of aromatic nitrogens is 3. The Bertz CT molecular complexity index is 1040. The molecule has 0 N–H and O–H groups in total. The molecule has 0 unspecified atom stereocenters. The number of aryl methyl sites for hydroxylation is 3. The van der Waals surface area contributed by atoms with Crippen molar-refractivity contribution in [2.75, 3.05) is 0 Å². The van der Waals surface area contributed by atoms with Gasteiger partial charge in [0.2, 0.25) is 5.78 Å². The monoisotopic (exact) mass is 348 g/mol. The van der Waals surface area contributed by atoms with E-state index in [-0.39, 0.29) is 11.5 Å². The number of rotatable bonds is 3. The number of fused-ring (bicyclic) bond motifs is 2. The van der Waals surface area contributed by atoms with E-state index in [9.17, 15) is 10.1 Å². The molecule has 0 saturated heterocycles. The van der Waals surface area contributed by atoms with Crippen LogP contribution in [-0.2, 0) is 13.0 Å². The van der Waals surface area contributed by atoms with Crippen LogP contribution in [0.25, 0.3) is 11.0 Å². The van der Waals surface area contributed by atoms with Gasteiger partial charge in [-0.15, -0.1) is 10.2 Å². The molecule has 132 valence electrons. The standard InChI is InChI=1S/C20H20N4O2/c1-12-7-6-8-14-13(2)19(26-18(12)14)17(25)15(11-21)20-23-22-16-9-4-3-5-10-24(16)20/h6-8,15H,3-5,9-10H2,1-2H3/t15-/m0/s1. The van der Waals surface area contributed by atoms with Crippen molar-refractivity contribution in [2.45, 2.75) is 52.0 Å². The molecule has 0 aliphatic carbocycles. The molecule has 4 rings (SSSR count). The summed E-state index contributed by atoms with van der Waals surface area (Å²) in [6.45, 7) is 4.55. The summed E-state index contributed by atoms with van der Waals surface area (Å²) in [7, 11) is 0. The number of para-hydroxylation sites is 1. The molecule has 0 spiro atoms. The van der Waals surface area contributed by atoms with E-state index in [0.717, 1.165) is 54.6 Å². The molecule has 1 aromatic carbocycles. The average molecular weight is 348 g/mol. The predicted octanol–water partition coefficient (Wildman–Crippen LogP) is 3.86. The number of ketones is 1. The van der Waals surface area contributed by atoms with Crippen molar-refractivity contribution < 1.29 is 9.21 Å². The van der Waals surface area contributed by atoms with Crippen LogP contribution in [0.1, 0.15) is 58.5 Å². The van der Waals surface area contributed by atoms with Crippen molar-refractivity contribution in [2.24, 2.45) is 0 Å². The minimum atomic E-state index is -1.01. The molecular weight excluding hydrogens is 328 g/mol. The van der Waals surface area contributed by atoms with Crippen LogP contribution in [0.4, 0.5) is 0 Å². The maximum atomic E-state index is 13.2. The molecule has 3 heterocycles. The van der Waals surface area contributed by atoms with Gasteiger partial charge in [-0.05, 0) is 32.3 Å². The van der Waals surface area contributed by atoms with E-state index in [1.807, 2.05) is 36.6 Å². The third-order valence-electron chi connectivity index (χ3n) is 5.17. The average Bonchev–Trinajstić information content (AvgIpc) is 3.09. The van der Waals surface area contributed by atoms with Gasteiger partial charge in [-0.25, -0.2) is 0 Å². The van der Waals surface area contributed by atoms with E-state index in [1.165, 1.54) is 0 Å². The van der Waals surface area contributed by atoms with Gasteiger partial charge in [-0.3, -0.25) is 4.79 Å². The first-order valence-corrected chi connectivity index (χ1v) is 8.96. The summed E-state index contributed by atoms with van der Waals surface area (Å²) in [5.74, 6) is 0.189. The highest BCUT2D eigenvalue weighted by Gasteiger charge is 2.32. The summed E-state index contributed by atoms with van der Waals surface area (Å²) < 4.78 is 7.83. The van der Waals surface area contributed by atoms with Crippen LogP contribution >= 0.6 is 0 Å². The van der Waals surface area contributed by atoms with Gasteiger partial charge in [-0.1, -0.05) is 24.6 Å². The molecular formula is C20H20N4O2. The lowest BCUT2D eigenvalue weighted by molar-refractivity contribution is 0.0949. The predicted molar refractivity (Wildman–Crippen MR) is 95.9 cm³/mol. The number of nitriles is 1. The molecule has 6 heteroatoms. The molecule has 26 heavy (non-hydrogen) atoms. The molecule has 3 aromatic rings. The minimum Gasteiger partial charge on any atom is -0.452 e. The van der Waals surface area contributed by atoms with Crippen LogP contribution in [0.5, 0.6) is 0 Å². The number of benzene rings is 1. The van der Waals surface area contributed by atoms with E-state index in [1.54, 1.807) is 0 Å². The smallest absolute Gasteiger partial charge is 0.223 e. The summed E-state index contributed by atoms with van der Waals surface area (Å²) in [5.41, 5.74) is 2.43. The van der Waals surface area contributed by atoms with Crippen LogP contribution in [0, 0.1) is 25.2 Å². The molecule has 0 fully saturated rings. The molecule has 0 saturated carbocycles. The Morgan fingerprint density at radius 1 is 1.27 bits per heavy atom. The molecule has 1 aliphatic heterocycles. The second kappa shape index (κ2) is 6.41. The Hall–Kier alpha value is -2.94. The maximum absolute atomic E-state index is 13.2. The van der Waals surface area contributed by atoms with Crippen LogP contribution in [0.15, 0.2) is 22.6 Å². The quantitative estimate of drug-likeness (QED) is 0.671. The summed E-state index contributed by atoms with van der Waals surface area (Å²) in [6.07, 6.45) is 4.02. The Kier molecular flexibility index (Phi) is 4.08. The highest BCUT2D eigenvalue weighted by Crippen LogP contribution is 2.31. The highest BCUT2D eigenvalue weighted by molar-refractivity contribution is 6.05. The first-order valence-electron chi connectivity index (χ1n) is 8.96. The summed E-state index contributed by atoms with van der Waals surface area (Å²) in [5, 5.41) is 19.0. The molecule has 1 atom stereocenters. The third kappa shape index (κ3) is 2.51. The van der Waals surface area contributed by atoms with Crippen LogP contribution < -0.4 is 0 Å². The summed E-state index contributed by atoms with van der Waals surface area (Å²) in [6, 6.07) is 7.94. The van der Waals surface area contributed by atoms with Gasteiger partial charge in [0.05, 0.1) is 6.07 Å².